The number of hydrogen-bond donors (Lipinski definition) is 2. The molecule has 0 fully saturated rings. The number of nitrogens with zero attached hydrogens (tertiary/aromatic N) is 2. The summed E-state index contributed by atoms with van der Waals surface area (Å²) in [5.41, 5.74) is -3.93. The van der Waals surface area contributed by atoms with Crippen molar-refractivity contribution in [3.63, 3.8) is 0 Å². The third-order valence-electron chi connectivity index (χ3n) is 3.97. The lowest BCUT2D eigenvalue weighted by Gasteiger charge is -2.06. The van der Waals surface area contributed by atoms with Gasteiger partial charge in [0.25, 0.3) is 11.4 Å². The Balaban J connectivity index is 2.53. The van der Waals surface area contributed by atoms with E-state index in [2.05, 4.69) is 0 Å². The molecular formula is C13H8N4O9S2. The summed E-state index contributed by atoms with van der Waals surface area (Å²) in [6, 6.07) is 2.60. The smallest absolute Gasteiger partial charge is 0.279 e. The van der Waals surface area contributed by atoms with Gasteiger partial charge in [-0.05, 0) is 12.1 Å². The second-order valence-electron chi connectivity index (χ2n) is 5.66. The van der Waals surface area contributed by atoms with Crippen LogP contribution in [-0.2, 0) is 20.0 Å². The van der Waals surface area contributed by atoms with Crippen molar-refractivity contribution in [2.45, 2.75) is 9.79 Å². The van der Waals surface area contributed by atoms with Gasteiger partial charge in [-0.2, -0.15) is 0 Å². The average Bonchev–Trinajstić information content (AvgIpc) is 2.84. The number of sulfonamides is 2. The van der Waals surface area contributed by atoms with Gasteiger partial charge in [-0.25, -0.2) is 27.1 Å². The summed E-state index contributed by atoms with van der Waals surface area (Å²) in [5, 5.41) is 32.8. The second kappa shape index (κ2) is 5.86. The highest BCUT2D eigenvalue weighted by Crippen LogP contribution is 2.48. The van der Waals surface area contributed by atoms with Crippen LogP contribution in [0.2, 0.25) is 0 Å². The standard InChI is InChI=1S/C13H8N4O9S2/c14-27(23,24)5-1-7-11(9(3-5)16(19)20)12-8(13(7)18)2-6(28(15,25)26)4-10(12)17(21)22/h1-4H,(H2,14,23,24)(H2,15,25,26). The molecule has 4 N–H and O–H groups in total. The molecule has 0 amide bonds. The predicted octanol–water partition coefficient (Wildman–Crippen LogP) is 0.00920. The van der Waals surface area contributed by atoms with Crippen LogP contribution in [0.25, 0.3) is 11.1 Å². The van der Waals surface area contributed by atoms with Gasteiger partial charge in [0.05, 0.1) is 30.8 Å². The fourth-order valence-corrected chi connectivity index (χ4v) is 3.96. The molecule has 0 radical (unpaired) electrons. The molecule has 3 rings (SSSR count). The van der Waals surface area contributed by atoms with Crippen molar-refractivity contribution in [1.82, 2.24) is 0 Å². The van der Waals surface area contributed by atoms with E-state index < -0.39 is 79.1 Å². The Morgan fingerprint density at radius 1 is 0.714 bits per heavy atom. The number of nitro groups is 2. The Morgan fingerprint density at radius 3 is 1.29 bits per heavy atom. The Morgan fingerprint density at radius 2 is 1.04 bits per heavy atom. The van der Waals surface area contributed by atoms with E-state index in [1.165, 1.54) is 0 Å². The van der Waals surface area contributed by atoms with Crippen molar-refractivity contribution in [3.05, 3.63) is 55.6 Å². The minimum atomic E-state index is -4.46. The molecule has 1 aliphatic carbocycles. The molecule has 2 aromatic carbocycles. The maximum absolute atomic E-state index is 12.7. The van der Waals surface area contributed by atoms with Crippen molar-refractivity contribution < 1.29 is 31.5 Å². The van der Waals surface area contributed by atoms with Gasteiger partial charge in [0.15, 0.2) is 5.78 Å². The van der Waals surface area contributed by atoms with E-state index >= 15 is 0 Å². The number of primary sulfonamides is 2. The monoisotopic (exact) mass is 428 g/mol. The van der Waals surface area contributed by atoms with Crippen LogP contribution in [0.1, 0.15) is 15.9 Å². The Bertz CT molecular complexity index is 1230. The van der Waals surface area contributed by atoms with E-state index in [-0.39, 0.29) is 0 Å². The van der Waals surface area contributed by atoms with Crippen LogP contribution < -0.4 is 10.3 Å². The predicted molar refractivity (Wildman–Crippen MR) is 91.4 cm³/mol. The molecule has 0 spiro atoms. The summed E-state index contributed by atoms with van der Waals surface area (Å²) in [4.78, 5) is 32.0. The van der Waals surface area contributed by atoms with Crippen molar-refractivity contribution in [1.29, 1.82) is 0 Å². The van der Waals surface area contributed by atoms with Gasteiger partial charge < -0.3 is 0 Å². The highest BCUT2D eigenvalue weighted by Gasteiger charge is 2.41. The highest BCUT2D eigenvalue weighted by molar-refractivity contribution is 7.89. The Hall–Kier alpha value is -3.27. The number of fused-ring (bicyclic) bond motifs is 3. The van der Waals surface area contributed by atoms with Gasteiger partial charge in [0.2, 0.25) is 20.0 Å². The molecule has 0 aromatic heterocycles. The molecule has 0 saturated heterocycles. The van der Waals surface area contributed by atoms with E-state index in [4.69, 9.17) is 10.3 Å². The minimum Gasteiger partial charge on any atom is -0.289 e. The quantitative estimate of drug-likeness (QED) is 0.421. The topological polar surface area (TPSA) is 224 Å². The summed E-state index contributed by atoms with van der Waals surface area (Å²) in [6.45, 7) is 0. The van der Waals surface area contributed by atoms with E-state index in [0.717, 1.165) is 12.1 Å². The normalized spacial score (nSPS) is 13.1. The van der Waals surface area contributed by atoms with Crippen molar-refractivity contribution >= 4 is 37.2 Å². The second-order valence-corrected chi connectivity index (χ2v) is 8.79. The zero-order valence-electron chi connectivity index (χ0n) is 13.3. The van der Waals surface area contributed by atoms with Gasteiger partial charge in [-0.15, -0.1) is 0 Å². The first-order valence-electron chi connectivity index (χ1n) is 6.99. The number of ketones is 1. The first kappa shape index (κ1) is 19.5. The molecule has 146 valence electrons. The SMILES string of the molecule is NS(=O)(=O)c1cc2c(c([N+](=O)[O-])c1)-c1c(cc(S(N)(=O)=O)cc1[N+](=O)[O-])C2=O. The van der Waals surface area contributed by atoms with Gasteiger partial charge in [0, 0.05) is 23.3 Å². The van der Waals surface area contributed by atoms with Crippen LogP contribution in [0.3, 0.4) is 0 Å². The molecule has 13 nitrogen and oxygen atoms in total. The van der Waals surface area contributed by atoms with Gasteiger partial charge in [0.1, 0.15) is 0 Å². The van der Waals surface area contributed by atoms with Crippen LogP contribution in [0.15, 0.2) is 34.1 Å². The molecular weight excluding hydrogens is 420 g/mol. The molecule has 0 aliphatic heterocycles. The van der Waals surface area contributed by atoms with Crippen molar-refractivity contribution in [2.24, 2.45) is 10.3 Å². The minimum absolute atomic E-state index is 0.509. The summed E-state index contributed by atoms with van der Waals surface area (Å²) in [7, 11) is -8.91. The van der Waals surface area contributed by atoms with Gasteiger partial charge in [-0.1, -0.05) is 0 Å². The third kappa shape index (κ3) is 2.91. The van der Waals surface area contributed by atoms with Gasteiger partial charge in [-0.3, -0.25) is 25.0 Å². The van der Waals surface area contributed by atoms with E-state index in [9.17, 15) is 41.9 Å². The molecule has 0 unspecified atom stereocenters. The summed E-state index contributed by atoms with van der Waals surface area (Å²) >= 11 is 0. The zero-order valence-corrected chi connectivity index (χ0v) is 15.0. The van der Waals surface area contributed by atoms with E-state index in [1.54, 1.807) is 0 Å². The third-order valence-corrected chi connectivity index (χ3v) is 5.76. The molecule has 0 saturated carbocycles. The van der Waals surface area contributed by atoms with Crippen LogP contribution in [-0.4, -0.2) is 32.5 Å². The van der Waals surface area contributed by atoms with Crippen LogP contribution in [0, 0.1) is 20.2 Å². The zero-order chi connectivity index (χ0) is 21.2. The summed E-state index contributed by atoms with van der Waals surface area (Å²) in [6.07, 6.45) is 0. The van der Waals surface area contributed by atoms with Crippen LogP contribution in [0.5, 0.6) is 0 Å². The van der Waals surface area contributed by atoms with Gasteiger partial charge >= 0.3 is 0 Å². The summed E-state index contributed by atoms with van der Waals surface area (Å²) < 4.78 is 46.4. The highest BCUT2D eigenvalue weighted by atomic mass is 32.2. The van der Waals surface area contributed by atoms with E-state index in [0.29, 0.717) is 12.1 Å². The maximum atomic E-state index is 12.7. The lowest BCUT2D eigenvalue weighted by atomic mass is 10.0. The maximum Gasteiger partial charge on any atom is 0.279 e. The molecule has 0 bridgehead atoms. The first-order chi connectivity index (χ1) is 12.7. The fraction of sp³-hybridized carbons (Fsp3) is 0. The first-order valence-corrected chi connectivity index (χ1v) is 10.1. The molecule has 0 heterocycles. The number of carbonyl (C=O) groups is 1. The van der Waals surface area contributed by atoms with Crippen molar-refractivity contribution in [3.8, 4) is 11.1 Å². The number of nitro benzene ring substituents is 2. The lowest BCUT2D eigenvalue weighted by Crippen LogP contribution is -2.13. The molecule has 28 heavy (non-hydrogen) atoms. The Kier molecular flexibility index (Phi) is 4.08. The molecule has 2 aromatic rings. The van der Waals surface area contributed by atoms with Crippen LogP contribution >= 0.6 is 0 Å². The van der Waals surface area contributed by atoms with E-state index in [1.807, 2.05) is 0 Å². The number of carbonyl (C=O) groups excluding carboxylic acids is 1. The Labute approximate surface area is 156 Å². The number of rotatable bonds is 4. The van der Waals surface area contributed by atoms with Crippen LogP contribution in [0.4, 0.5) is 11.4 Å². The van der Waals surface area contributed by atoms with Crippen molar-refractivity contribution in [2.75, 3.05) is 0 Å². The number of hydrogen-bond acceptors (Lipinski definition) is 9. The fourth-order valence-electron chi connectivity index (χ4n) is 2.85. The molecule has 0 atom stereocenters. The number of benzene rings is 2. The largest absolute Gasteiger partial charge is 0.289 e. The lowest BCUT2D eigenvalue weighted by molar-refractivity contribution is -0.386. The number of nitrogens with two attached hydrogens (primary N) is 2. The molecule has 1 aliphatic rings. The average molecular weight is 428 g/mol. The summed E-state index contributed by atoms with van der Waals surface area (Å²) in [5.74, 6) is -1.05. The molecule has 15 heteroatoms.